The molecule has 2 aromatic heterocycles. The molecule has 0 fully saturated rings. The van der Waals surface area contributed by atoms with Crippen molar-refractivity contribution in [2.45, 2.75) is 114 Å². The Labute approximate surface area is 573 Å². The number of nitrogens with one attached hydrogen (secondary N) is 3. The Morgan fingerprint density at radius 2 is 1.41 bits per heavy atom. The first-order valence-corrected chi connectivity index (χ1v) is 36.1. The lowest BCUT2D eigenvalue weighted by atomic mass is 9.78. The molecule has 7 N–H and O–H groups in total. The van der Waals surface area contributed by atoms with E-state index in [9.17, 15) is 45.4 Å². The molecule has 518 valence electrons. The third-order valence-corrected chi connectivity index (χ3v) is 20.2. The largest absolute Gasteiger partial charge is 0.748 e. The van der Waals surface area contributed by atoms with Gasteiger partial charge in [-0.25, -0.2) is 23.2 Å². The molecular weight excluding hydrogens is 1360 g/mol. The van der Waals surface area contributed by atoms with Crippen molar-refractivity contribution in [3.8, 4) is 5.75 Å². The molecule has 0 saturated heterocycles. The second kappa shape index (κ2) is 30.3. The summed E-state index contributed by atoms with van der Waals surface area (Å²) >= 11 is 0. The maximum absolute atomic E-state index is 13.6. The SMILES string of the molecule is CC(CC[N+]1=C(/C=C/C2=C(Oc3ccc(C[C@H](NC(=O)c4ccc(NCc5cnc6nc(N)[nH]c(=O)c6n5)cc4)C(=O)O)cc3)C(=C/C=C3/N(CCC(C)S(=O)(=O)O)c4ccc5ccccc5c4C3(C)C)/CCC2)C(C)(C)c2c1ccc1ccccc21)S(=O)(=O)[O-].O=S(=O)=O.O=S(=O)=O. The third kappa shape index (κ3) is 17.2. The minimum atomic E-state index is -4.56. The Balaban J connectivity index is 0.00000136. The summed E-state index contributed by atoms with van der Waals surface area (Å²) in [7, 11) is -15.1. The van der Waals surface area contributed by atoms with Gasteiger partial charge in [0.15, 0.2) is 23.4 Å². The van der Waals surface area contributed by atoms with Crippen molar-refractivity contribution in [2.75, 3.05) is 29.0 Å². The molecule has 0 bridgehead atoms. The van der Waals surface area contributed by atoms with E-state index in [4.69, 9.17) is 35.7 Å². The molecule has 6 aromatic carbocycles. The number of hydrogen-bond acceptors (Lipinski definition) is 21. The lowest BCUT2D eigenvalue weighted by Crippen LogP contribution is -2.42. The van der Waals surface area contributed by atoms with Crippen LogP contribution in [0.4, 0.5) is 23.0 Å². The Morgan fingerprint density at radius 1 is 0.788 bits per heavy atom. The summed E-state index contributed by atoms with van der Waals surface area (Å²) in [6.07, 6.45) is 11.9. The van der Waals surface area contributed by atoms with Crippen molar-refractivity contribution in [3.05, 3.63) is 213 Å². The highest BCUT2D eigenvalue weighted by Crippen LogP contribution is 2.51. The van der Waals surface area contributed by atoms with Crippen LogP contribution in [0, 0.1) is 0 Å². The van der Waals surface area contributed by atoms with Crippen LogP contribution in [0.2, 0.25) is 0 Å². The van der Waals surface area contributed by atoms with Crippen molar-refractivity contribution in [1.82, 2.24) is 25.3 Å². The van der Waals surface area contributed by atoms with Gasteiger partial charge in [-0.2, -0.15) is 18.0 Å². The highest BCUT2D eigenvalue weighted by Gasteiger charge is 2.46. The number of nitrogens with two attached hydrogens (primary N) is 1. The number of aromatic nitrogens is 4. The second-order valence-corrected chi connectivity index (χ2v) is 29.4. The smallest absolute Gasteiger partial charge is 0.425 e. The summed E-state index contributed by atoms with van der Waals surface area (Å²) in [5, 5.41) is 18.4. The van der Waals surface area contributed by atoms with E-state index in [1.165, 1.54) is 20.0 Å². The number of aromatic amines is 1. The fraction of sp³-hybridized carbons (Fsp3) is 0.290. The zero-order chi connectivity index (χ0) is 71.9. The van der Waals surface area contributed by atoms with Crippen LogP contribution >= 0.6 is 0 Å². The van der Waals surface area contributed by atoms with Gasteiger partial charge >= 0.3 is 27.2 Å². The molecule has 0 spiro atoms. The number of aliphatic carboxylic acids is 1. The predicted octanol–water partition coefficient (Wildman–Crippen LogP) is 8.68. The van der Waals surface area contributed by atoms with Crippen LogP contribution in [0.1, 0.15) is 106 Å². The maximum Gasteiger partial charge on any atom is 0.425 e. The number of carbonyl (C=O) groups excluding carboxylic acids is 1. The van der Waals surface area contributed by atoms with Gasteiger partial charge in [0.2, 0.25) is 11.6 Å². The van der Waals surface area contributed by atoms with Gasteiger partial charge in [-0.3, -0.25) is 19.1 Å². The van der Waals surface area contributed by atoms with E-state index in [1.54, 1.807) is 48.5 Å². The lowest BCUT2D eigenvalue weighted by Gasteiger charge is -2.28. The van der Waals surface area contributed by atoms with E-state index in [0.717, 1.165) is 73.0 Å². The number of nitrogens with zero attached hydrogens (tertiary/aromatic N) is 5. The van der Waals surface area contributed by atoms with E-state index in [0.29, 0.717) is 47.8 Å². The first-order chi connectivity index (χ1) is 46.7. The Morgan fingerprint density at radius 3 is 2.04 bits per heavy atom. The topological polar surface area (TPSA) is 405 Å². The van der Waals surface area contributed by atoms with Crippen molar-refractivity contribution >= 4 is 115 Å². The molecule has 3 atom stereocenters. The number of carboxylic acids is 1. The monoisotopic (exact) mass is 1430 g/mol. The highest BCUT2D eigenvalue weighted by molar-refractivity contribution is 7.86. The molecule has 30 heteroatoms. The molecule has 0 saturated carbocycles. The molecule has 1 amide bonds. The molecule has 1 aliphatic carbocycles. The van der Waals surface area contributed by atoms with Crippen LogP contribution in [0.25, 0.3) is 32.7 Å². The summed E-state index contributed by atoms with van der Waals surface area (Å²) in [6.45, 7) is 12.3. The summed E-state index contributed by atoms with van der Waals surface area (Å²) in [5.41, 5.74) is 13.6. The first kappa shape index (κ1) is 73.1. The van der Waals surface area contributed by atoms with Gasteiger partial charge in [0.25, 0.3) is 21.6 Å². The van der Waals surface area contributed by atoms with Crippen LogP contribution in [0.15, 0.2) is 179 Å². The Bertz CT molecular complexity index is 5170. The number of carbonyl (C=O) groups is 2. The van der Waals surface area contributed by atoms with Crippen LogP contribution < -0.4 is 31.6 Å². The molecule has 11 rings (SSSR count). The molecule has 3 aliphatic rings. The number of anilines is 3. The average Bonchev–Trinajstić information content (AvgIpc) is 1.59. The second-order valence-electron chi connectivity index (χ2n) is 24.9. The van der Waals surface area contributed by atoms with Crippen molar-refractivity contribution < 1.29 is 75.2 Å². The van der Waals surface area contributed by atoms with Gasteiger partial charge in [0.1, 0.15) is 17.6 Å². The minimum absolute atomic E-state index is 0.0397. The number of amides is 1. The average molecular weight is 1430 g/mol. The summed E-state index contributed by atoms with van der Waals surface area (Å²) in [5.74, 6) is -0.845. The van der Waals surface area contributed by atoms with Gasteiger partial charge in [-0.15, -0.1) is 25.3 Å². The number of carboxylic acid groups (broad SMARTS) is 1. The molecule has 4 heterocycles. The van der Waals surface area contributed by atoms with E-state index >= 15 is 0 Å². The minimum Gasteiger partial charge on any atom is -0.748 e. The number of fused-ring (bicyclic) bond motifs is 7. The summed E-state index contributed by atoms with van der Waals surface area (Å²) in [6, 6.07) is 36.8. The zero-order valence-electron chi connectivity index (χ0n) is 54.5. The van der Waals surface area contributed by atoms with Crippen LogP contribution in [-0.4, -0.2) is 128 Å². The number of nitrogen functional groups attached to an aromatic ring is 1. The Kier molecular flexibility index (Phi) is 22.4. The number of rotatable bonds is 21. The molecule has 8 aromatic rings. The van der Waals surface area contributed by atoms with Crippen LogP contribution in [0.5, 0.6) is 5.75 Å². The molecule has 99 heavy (non-hydrogen) atoms. The third-order valence-electron chi connectivity index (χ3n) is 17.7. The first-order valence-electron chi connectivity index (χ1n) is 31.1. The van der Waals surface area contributed by atoms with Crippen LogP contribution in [-0.2, 0) is 70.0 Å². The quantitative estimate of drug-likeness (QED) is 0.0289. The van der Waals surface area contributed by atoms with Crippen molar-refractivity contribution in [2.24, 2.45) is 0 Å². The molecular formula is C69H71N9O17S4. The fourth-order valence-electron chi connectivity index (χ4n) is 12.7. The Hall–Kier alpha value is -10.1. The zero-order valence-corrected chi connectivity index (χ0v) is 57.8. The highest BCUT2D eigenvalue weighted by atomic mass is 32.2. The number of ether oxygens (including phenoxy) is 1. The van der Waals surface area contributed by atoms with Gasteiger partial charge in [0.05, 0.1) is 44.5 Å². The van der Waals surface area contributed by atoms with E-state index < -0.39 is 86.3 Å². The standard InChI is InChI=1S/C69H71N9O11S2.2O3S/c1-41(90(83,84)85)34-36-77-55-30-22-44-12-7-9-16-52(44)59(55)68(3,4)57(77)32-24-46-14-11-15-47(25-33-58-69(5,6)60-53-17-10-8-13-45(53)23-31-56(60)78(58)37-35-42(2)91(86,87)88)62(46)89-51-28-18-43(19-29-51)38-54(66(81)82)74-64(79)48-20-26-49(27-21-48)71-39-50-40-72-63-61(73-50)65(80)76-67(70)75-63;2*1-4(2)3/h7-10,12-13,16-33,40-42,54H,11,14-15,34-39H2,1-6H3,(H7-,70,71,72,74,75,76,79,80,81,82,83,84,85,86,87,88);;/t41?,42?,54-;;/m0../s1. The van der Waals surface area contributed by atoms with E-state index in [2.05, 4.69) is 141 Å². The van der Waals surface area contributed by atoms with Gasteiger partial charge in [0, 0.05) is 65.1 Å². The van der Waals surface area contributed by atoms with Gasteiger partial charge in [-0.1, -0.05) is 86.7 Å². The normalized spacial score (nSPS) is 16.5. The molecule has 2 unspecified atom stereocenters. The van der Waals surface area contributed by atoms with Gasteiger partial charge in [-0.05, 0) is 158 Å². The number of benzene rings is 6. The van der Waals surface area contributed by atoms with Gasteiger partial charge < -0.3 is 35.7 Å². The molecule has 26 nitrogen and oxygen atoms in total. The number of allylic oxidation sites excluding steroid dienone is 7. The predicted molar refractivity (Wildman–Crippen MR) is 372 cm³/mol. The van der Waals surface area contributed by atoms with Crippen LogP contribution in [0.3, 0.4) is 0 Å². The van der Waals surface area contributed by atoms with E-state index in [-0.39, 0.29) is 55.0 Å². The van der Waals surface area contributed by atoms with Crippen molar-refractivity contribution in [3.63, 3.8) is 0 Å². The summed E-state index contributed by atoms with van der Waals surface area (Å²) < 4.78 is 131. The molecule has 0 radical (unpaired) electrons. The fourth-order valence-corrected chi connectivity index (χ4v) is 13.5. The van der Waals surface area contributed by atoms with Crippen molar-refractivity contribution in [1.29, 1.82) is 0 Å². The number of H-pyrrole nitrogens is 1. The van der Waals surface area contributed by atoms with E-state index in [1.807, 2.05) is 24.3 Å². The molecule has 2 aliphatic heterocycles. The number of hydrogen-bond donors (Lipinski definition) is 6. The summed E-state index contributed by atoms with van der Waals surface area (Å²) in [4.78, 5) is 55.8. The maximum atomic E-state index is 13.6. The lowest BCUT2D eigenvalue weighted by molar-refractivity contribution is -0.438.